The maximum atomic E-state index is 11.9. The van der Waals surface area contributed by atoms with E-state index in [0.29, 0.717) is 18.7 Å². The van der Waals surface area contributed by atoms with Crippen LogP contribution in [0, 0.1) is 11.3 Å². The van der Waals surface area contributed by atoms with Crippen LogP contribution in [0.15, 0.2) is 41.8 Å². The molecule has 25 heavy (non-hydrogen) atoms. The third-order valence-corrected chi connectivity index (χ3v) is 4.35. The molecule has 2 rings (SSSR count). The van der Waals surface area contributed by atoms with Gasteiger partial charge in [0.05, 0.1) is 18.2 Å². The molecule has 0 unspecified atom stereocenters. The summed E-state index contributed by atoms with van der Waals surface area (Å²) in [5.41, 5.74) is 1.52. The van der Waals surface area contributed by atoms with Gasteiger partial charge in [0.1, 0.15) is 0 Å². The van der Waals surface area contributed by atoms with Gasteiger partial charge in [-0.2, -0.15) is 5.26 Å². The highest BCUT2D eigenvalue weighted by Crippen LogP contribution is 2.08. The maximum Gasteiger partial charge on any atom is 0.321 e. The average Bonchev–Trinajstić information content (AvgIpc) is 3.08. The largest absolute Gasteiger partial charge is 0.337 e. The number of carbonyl (C=O) groups is 2. The SMILES string of the molecule is CN(CC(=O)NC(=O)NCCc1cccs1)Cc1cccc(C#N)c1. The molecule has 6 nitrogen and oxygen atoms in total. The molecule has 3 amide bonds. The molecule has 1 aromatic heterocycles. The number of hydrogen-bond donors (Lipinski definition) is 2. The molecule has 130 valence electrons. The second kappa shape index (κ2) is 9.57. The molecule has 0 radical (unpaired) electrons. The van der Waals surface area contributed by atoms with Gasteiger partial charge >= 0.3 is 6.03 Å². The molecule has 2 aromatic rings. The fourth-order valence-electron chi connectivity index (χ4n) is 2.32. The van der Waals surface area contributed by atoms with Crippen molar-refractivity contribution in [3.8, 4) is 6.07 Å². The van der Waals surface area contributed by atoms with Crippen LogP contribution in [0.3, 0.4) is 0 Å². The summed E-state index contributed by atoms with van der Waals surface area (Å²) in [6.45, 7) is 1.09. The fourth-order valence-corrected chi connectivity index (χ4v) is 3.03. The lowest BCUT2D eigenvalue weighted by Crippen LogP contribution is -2.44. The topological polar surface area (TPSA) is 85.2 Å². The van der Waals surface area contributed by atoms with Crippen molar-refractivity contribution in [3.05, 3.63) is 57.8 Å². The molecular weight excluding hydrogens is 336 g/mol. The third-order valence-electron chi connectivity index (χ3n) is 3.41. The van der Waals surface area contributed by atoms with Crippen LogP contribution in [-0.2, 0) is 17.8 Å². The zero-order chi connectivity index (χ0) is 18.1. The molecular formula is C18H20N4O2S. The standard InChI is InChI=1S/C18H20N4O2S/c1-22(12-15-5-2-4-14(10-15)11-19)13-17(23)21-18(24)20-8-7-16-6-3-9-25-16/h2-6,9-10H,7-8,12-13H2,1H3,(H2,20,21,23,24). The molecule has 0 aliphatic rings. The molecule has 0 bridgehead atoms. The van der Waals surface area contributed by atoms with Crippen molar-refractivity contribution in [1.82, 2.24) is 15.5 Å². The minimum absolute atomic E-state index is 0.0924. The van der Waals surface area contributed by atoms with Gasteiger partial charge in [0.25, 0.3) is 0 Å². The van der Waals surface area contributed by atoms with Crippen molar-refractivity contribution >= 4 is 23.3 Å². The predicted octanol–water partition coefficient (Wildman–Crippen LogP) is 2.12. The number of nitrogens with zero attached hydrogens (tertiary/aromatic N) is 2. The molecule has 2 N–H and O–H groups in total. The lowest BCUT2D eigenvalue weighted by molar-refractivity contribution is -0.120. The summed E-state index contributed by atoms with van der Waals surface area (Å²) in [4.78, 5) is 26.6. The Morgan fingerprint density at radius 3 is 2.84 bits per heavy atom. The van der Waals surface area contributed by atoms with Crippen LogP contribution in [0.25, 0.3) is 0 Å². The lowest BCUT2D eigenvalue weighted by atomic mass is 10.1. The van der Waals surface area contributed by atoms with Gasteiger partial charge in [-0.15, -0.1) is 11.3 Å². The summed E-state index contributed by atoms with van der Waals surface area (Å²) in [5, 5.41) is 15.9. The Morgan fingerprint density at radius 1 is 1.28 bits per heavy atom. The maximum absolute atomic E-state index is 11.9. The Morgan fingerprint density at radius 2 is 2.12 bits per heavy atom. The Hall–Kier alpha value is -2.69. The van der Waals surface area contributed by atoms with Crippen LogP contribution in [0.1, 0.15) is 16.0 Å². The Bertz CT molecular complexity index is 753. The third kappa shape index (κ3) is 6.75. The highest BCUT2D eigenvalue weighted by atomic mass is 32.1. The summed E-state index contributed by atoms with van der Waals surface area (Å²) in [6.07, 6.45) is 0.744. The summed E-state index contributed by atoms with van der Waals surface area (Å²) >= 11 is 1.63. The smallest absolute Gasteiger partial charge is 0.321 e. The van der Waals surface area contributed by atoms with Gasteiger partial charge in [0.15, 0.2) is 0 Å². The highest BCUT2D eigenvalue weighted by molar-refractivity contribution is 7.09. The zero-order valence-electron chi connectivity index (χ0n) is 14.0. The molecule has 0 saturated heterocycles. The van der Waals surface area contributed by atoms with E-state index in [1.54, 1.807) is 35.4 Å². The first kappa shape index (κ1) is 18.6. The minimum Gasteiger partial charge on any atom is -0.337 e. The van der Waals surface area contributed by atoms with Crippen LogP contribution in [0.5, 0.6) is 0 Å². The van der Waals surface area contributed by atoms with E-state index in [9.17, 15) is 9.59 Å². The molecule has 1 heterocycles. The second-order valence-corrected chi connectivity index (χ2v) is 6.65. The quantitative estimate of drug-likeness (QED) is 0.796. The van der Waals surface area contributed by atoms with E-state index in [2.05, 4.69) is 16.7 Å². The van der Waals surface area contributed by atoms with Gasteiger partial charge in [0.2, 0.25) is 5.91 Å². The number of amides is 3. The van der Waals surface area contributed by atoms with Crippen LogP contribution in [0.4, 0.5) is 4.79 Å². The fraction of sp³-hybridized carbons (Fsp3) is 0.278. The summed E-state index contributed by atoms with van der Waals surface area (Å²) < 4.78 is 0. The van der Waals surface area contributed by atoms with Crippen molar-refractivity contribution in [2.24, 2.45) is 0 Å². The van der Waals surface area contributed by atoms with Gasteiger partial charge in [0, 0.05) is 18.0 Å². The van der Waals surface area contributed by atoms with Gasteiger partial charge in [-0.05, 0) is 42.6 Å². The van der Waals surface area contributed by atoms with Crippen LogP contribution in [-0.4, -0.2) is 37.0 Å². The van der Waals surface area contributed by atoms with E-state index in [0.717, 1.165) is 12.0 Å². The van der Waals surface area contributed by atoms with Crippen molar-refractivity contribution in [2.75, 3.05) is 20.1 Å². The average molecular weight is 356 g/mol. The number of benzene rings is 1. The number of imide groups is 1. The molecule has 0 aliphatic heterocycles. The first-order chi connectivity index (χ1) is 12.1. The van der Waals surface area contributed by atoms with Crippen molar-refractivity contribution in [2.45, 2.75) is 13.0 Å². The number of thiophene rings is 1. The van der Waals surface area contributed by atoms with E-state index < -0.39 is 6.03 Å². The predicted molar refractivity (Wildman–Crippen MR) is 97.1 cm³/mol. The Kier molecular flexibility index (Phi) is 7.14. The van der Waals surface area contributed by atoms with E-state index in [-0.39, 0.29) is 12.5 Å². The molecule has 0 saturated carbocycles. The molecule has 7 heteroatoms. The monoisotopic (exact) mass is 356 g/mol. The van der Waals surface area contributed by atoms with Crippen LogP contribution < -0.4 is 10.6 Å². The highest BCUT2D eigenvalue weighted by Gasteiger charge is 2.11. The molecule has 0 spiro atoms. The normalized spacial score (nSPS) is 10.3. The second-order valence-electron chi connectivity index (χ2n) is 5.62. The van der Waals surface area contributed by atoms with Crippen LogP contribution >= 0.6 is 11.3 Å². The zero-order valence-corrected chi connectivity index (χ0v) is 14.8. The summed E-state index contributed by atoms with van der Waals surface area (Å²) in [6, 6.07) is 12.8. The number of nitriles is 1. The number of rotatable bonds is 7. The summed E-state index contributed by atoms with van der Waals surface area (Å²) in [7, 11) is 1.79. The lowest BCUT2D eigenvalue weighted by Gasteiger charge is -2.16. The van der Waals surface area contributed by atoms with Crippen molar-refractivity contribution in [3.63, 3.8) is 0 Å². The van der Waals surface area contributed by atoms with E-state index in [1.807, 2.05) is 29.6 Å². The first-order valence-electron chi connectivity index (χ1n) is 7.84. The van der Waals surface area contributed by atoms with Gasteiger partial charge < -0.3 is 5.32 Å². The van der Waals surface area contributed by atoms with E-state index >= 15 is 0 Å². The number of likely N-dealkylation sites (N-methyl/N-ethyl adjacent to an activating group) is 1. The van der Waals surface area contributed by atoms with E-state index in [1.165, 1.54) is 4.88 Å². The minimum atomic E-state index is -0.485. The van der Waals surface area contributed by atoms with Crippen LogP contribution in [0.2, 0.25) is 0 Å². The van der Waals surface area contributed by atoms with Crippen molar-refractivity contribution in [1.29, 1.82) is 5.26 Å². The van der Waals surface area contributed by atoms with Gasteiger partial charge in [-0.25, -0.2) is 4.79 Å². The number of carbonyl (C=O) groups excluding carboxylic acids is 2. The van der Waals surface area contributed by atoms with Gasteiger partial charge in [-0.1, -0.05) is 18.2 Å². The molecule has 1 aromatic carbocycles. The first-order valence-corrected chi connectivity index (χ1v) is 8.72. The van der Waals surface area contributed by atoms with Gasteiger partial charge in [-0.3, -0.25) is 15.0 Å². The number of urea groups is 1. The molecule has 0 aliphatic carbocycles. The molecule has 0 atom stereocenters. The Balaban J connectivity index is 1.69. The van der Waals surface area contributed by atoms with Crippen molar-refractivity contribution < 1.29 is 9.59 Å². The number of nitrogens with one attached hydrogen (secondary N) is 2. The molecule has 0 fully saturated rings. The Labute approximate surface area is 151 Å². The number of hydrogen-bond acceptors (Lipinski definition) is 5. The summed E-state index contributed by atoms with van der Waals surface area (Å²) in [5.74, 6) is -0.368. The van der Waals surface area contributed by atoms with E-state index in [4.69, 9.17) is 5.26 Å².